The van der Waals surface area contributed by atoms with Crippen molar-refractivity contribution in [2.24, 2.45) is 0 Å². The highest BCUT2D eigenvalue weighted by atomic mass is 16.4. The lowest BCUT2D eigenvalue weighted by Gasteiger charge is -2.06. The number of aryl methyl sites for hydroxylation is 1. The number of allylic oxidation sites excluding steroid dienone is 1. The van der Waals surface area contributed by atoms with Gasteiger partial charge in [-0.15, -0.1) is 0 Å². The molecule has 0 radical (unpaired) electrons. The van der Waals surface area contributed by atoms with Crippen molar-refractivity contribution in [3.05, 3.63) is 41.5 Å². The monoisotopic (exact) mass is 220 g/mol. The topological polar surface area (TPSA) is 57.5 Å². The van der Waals surface area contributed by atoms with Gasteiger partial charge in [-0.05, 0) is 37.0 Å². The van der Waals surface area contributed by atoms with Crippen molar-refractivity contribution in [1.29, 1.82) is 0 Å². The molecule has 3 heteroatoms. The van der Waals surface area contributed by atoms with Crippen LogP contribution in [0, 0.1) is 0 Å². The van der Waals surface area contributed by atoms with E-state index in [0.717, 1.165) is 16.7 Å². The Balaban J connectivity index is 2.74. The van der Waals surface area contributed by atoms with Crippen molar-refractivity contribution in [3.8, 4) is 5.75 Å². The summed E-state index contributed by atoms with van der Waals surface area (Å²) in [5.41, 5.74) is 2.64. The molecule has 0 fully saturated rings. The molecule has 86 valence electrons. The van der Waals surface area contributed by atoms with E-state index in [1.54, 1.807) is 6.07 Å². The van der Waals surface area contributed by atoms with Crippen molar-refractivity contribution < 1.29 is 15.0 Å². The molecule has 0 aliphatic carbocycles. The lowest BCUT2D eigenvalue weighted by Crippen LogP contribution is -1.97. The molecule has 0 bridgehead atoms. The molecule has 0 unspecified atom stereocenters. The van der Waals surface area contributed by atoms with E-state index in [9.17, 15) is 9.90 Å². The first-order valence-electron chi connectivity index (χ1n) is 5.16. The highest BCUT2D eigenvalue weighted by Gasteiger charge is 2.04. The molecule has 0 heterocycles. The summed E-state index contributed by atoms with van der Waals surface area (Å²) in [6.45, 7) is 5.69. The molecule has 0 spiro atoms. The fourth-order valence-corrected chi connectivity index (χ4v) is 1.49. The van der Waals surface area contributed by atoms with E-state index in [2.05, 4.69) is 6.58 Å². The van der Waals surface area contributed by atoms with Gasteiger partial charge < -0.3 is 10.2 Å². The van der Waals surface area contributed by atoms with Gasteiger partial charge in [0.05, 0.1) is 0 Å². The van der Waals surface area contributed by atoms with Crippen LogP contribution in [0.3, 0.4) is 0 Å². The van der Waals surface area contributed by atoms with Gasteiger partial charge in [-0.3, -0.25) is 4.79 Å². The molecule has 2 N–H and O–H groups in total. The van der Waals surface area contributed by atoms with Crippen molar-refractivity contribution >= 4 is 5.97 Å². The SMILES string of the molecule is C=C(C)Cc1ccc(CCC(=O)O)cc1O. The van der Waals surface area contributed by atoms with Gasteiger partial charge in [-0.25, -0.2) is 0 Å². The van der Waals surface area contributed by atoms with Gasteiger partial charge in [0, 0.05) is 6.42 Å². The average molecular weight is 220 g/mol. The number of rotatable bonds is 5. The zero-order valence-corrected chi connectivity index (χ0v) is 9.36. The van der Waals surface area contributed by atoms with E-state index < -0.39 is 5.97 Å². The zero-order valence-electron chi connectivity index (χ0n) is 9.36. The van der Waals surface area contributed by atoms with Gasteiger partial charge in [-0.2, -0.15) is 0 Å². The highest BCUT2D eigenvalue weighted by molar-refractivity contribution is 5.67. The number of carboxylic acids is 1. The molecule has 0 saturated heterocycles. The van der Waals surface area contributed by atoms with Crippen LogP contribution >= 0.6 is 0 Å². The third-order valence-corrected chi connectivity index (χ3v) is 2.27. The number of carboxylic acid groups (broad SMARTS) is 1. The number of aromatic hydroxyl groups is 1. The Morgan fingerprint density at radius 3 is 2.62 bits per heavy atom. The van der Waals surface area contributed by atoms with Gasteiger partial charge in [-0.1, -0.05) is 24.3 Å². The van der Waals surface area contributed by atoms with Crippen LogP contribution in [0.4, 0.5) is 0 Å². The van der Waals surface area contributed by atoms with E-state index in [-0.39, 0.29) is 12.2 Å². The van der Waals surface area contributed by atoms with E-state index in [4.69, 9.17) is 5.11 Å². The Kier molecular flexibility index (Phi) is 4.11. The summed E-state index contributed by atoms with van der Waals surface area (Å²) in [6, 6.07) is 5.29. The van der Waals surface area contributed by atoms with E-state index in [1.807, 2.05) is 19.1 Å². The van der Waals surface area contributed by atoms with Crippen molar-refractivity contribution in [3.63, 3.8) is 0 Å². The fraction of sp³-hybridized carbons (Fsp3) is 0.308. The Hall–Kier alpha value is -1.77. The third-order valence-electron chi connectivity index (χ3n) is 2.27. The summed E-state index contributed by atoms with van der Waals surface area (Å²) < 4.78 is 0. The van der Waals surface area contributed by atoms with E-state index in [1.165, 1.54) is 0 Å². The second-order valence-electron chi connectivity index (χ2n) is 3.99. The molecule has 1 aromatic carbocycles. The second-order valence-corrected chi connectivity index (χ2v) is 3.99. The van der Waals surface area contributed by atoms with Crippen LogP contribution in [0.15, 0.2) is 30.4 Å². The lowest BCUT2D eigenvalue weighted by molar-refractivity contribution is -0.136. The molecule has 0 aliphatic heterocycles. The number of hydrogen-bond acceptors (Lipinski definition) is 2. The predicted molar refractivity (Wildman–Crippen MR) is 62.6 cm³/mol. The number of aliphatic carboxylic acids is 1. The first kappa shape index (κ1) is 12.3. The summed E-state index contributed by atoms with van der Waals surface area (Å²) in [5, 5.41) is 18.3. The first-order chi connectivity index (χ1) is 7.49. The van der Waals surface area contributed by atoms with Gasteiger partial charge in [0.2, 0.25) is 0 Å². The van der Waals surface area contributed by atoms with Gasteiger partial charge in [0.1, 0.15) is 5.75 Å². The average Bonchev–Trinajstić information content (AvgIpc) is 2.18. The van der Waals surface area contributed by atoms with Gasteiger partial charge >= 0.3 is 5.97 Å². The van der Waals surface area contributed by atoms with E-state index in [0.29, 0.717) is 12.8 Å². The first-order valence-corrected chi connectivity index (χ1v) is 5.16. The van der Waals surface area contributed by atoms with Crippen LogP contribution in [0.2, 0.25) is 0 Å². The Morgan fingerprint density at radius 1 is 1.44 bits per heavy atom. The number of benzene rings is 1. The maximum Gasteiger partial charge on any atom is 0.303 e. The van der Waals surface area contributed by atoms with Crippen LogP contribution in [0.25, 0.3) is 0 Å². The minimum absolute atomic E-state index is 0.0826. The van der Waals surface area contributed by atoms with Crippen LogP contribution < -0.4 is 0 Å². The normalized spacial score (nSPS) is 10.1. The fourth-order valence-electron chi connectivity index (χ4n) is 1.49. The smallest absolute Gasteiger partial charge is 0.303 e. The Labute approximate surface area is 95.0 Å². The van der Waals surface area contributed by atoms with Crippen molar-refractivity contribution in [1.82, 2.24) is 0 Å². The van der Waals surface area contributed by atoms with E-state index >= 15 is 0 Å². The molecule has 0 atom stereocenters. The summed E-state index contributed by atoms with van der Waals surface area (Å²) in [5.74, 6) is -0.614. The quantitative estimate of drug-likeness (QED) is 0.750. The molecule has 0 amide bonds. The number of phenolic OH excluding ortho intramolecular Hbond substituents is 1. The van der Waals surface area contributed by atoms with Crippen LogP contribution in [-0.2, 0) is 17.6 Å². The van der Waals surface area contributed by atoms with Gasteiger partial charge in [0.25, 0.3) is 0 Å². The van der Waals surface area contributed by atoms with Crippen molar-refractivity contribution in [2.45, 2.75) is 26.2 Å². The molecular weight excluding hydrogens is 204 g/mol. The maximum absolute atomic E-state index is 10.4. The molecule has 0 aliphatic rings. The third kappa shape index (κ3) is 3.77. The summed E-state index contributed by atoms with van der Waals surface area (Å²) >= 11 is 0. The lowest BCUT2D eigenvalue weighted by atomic mass is 10.0. The van der Waals surface area contributed by atoms with Gasteiger partial charge in [0.15, 0.2) is 0 Å². The summed E-state index contributed by atoms with van der Waals surface area (Å²) in [6.07, 6.45) is 1.17. The molecule has 1 aromatic rings. The van der Waals surface area contributed by atoms with Crippen LogP contribution in [0.1, 0.15) is 24.5 Å². The van der Waals surface area contributed by atoms with Crippen LogP contribution in [0.5, 0.6) is 5.75 Å². The number of phenols is 1. The van der Waals surface area contributed by atoms with Crippen molar-refractivity contribution in [2.75, 3.05) is 0 Å². The molecule has 1 rings (SSSR count). The number of carbonyl (C=O) groups is 1. The highest BCUT2D eigenvalue weighted by Crippen LogP contribution is 2.22. The summed E-state index contributed by atoms with van der Waals surface area (Å²) in [4.78, 5) is 10.4. The minimum atomic E-state index is -0.828. The zero-order chi connectivity index (χ0) is 12.1. The number of hydrogen-bond donors (Lipinski definition) is 2. The predicted octanol–water partition coefficient (Wildman–Crippen LogP) is 2.53. The standard InChI is InChI=1S/C13H16O3/c1-9(2)7-11-5-3-10(8-12(11)14)4-6-13(15)16/h3,5,8,14H,1,4,6-7H2,2H3,(H,15,16). The summed E-state index contributed by atoms with van der Waals surface area (Å²) in [7, 11) is 0. The molecule has 16 heavy (non-hydrogen) atoms. The molecule has 3 nitrogen and oxygen atoms in total. The second kappa shape index (κ2) is 5.35. The molecular formula is C13H16O3. The minimum Gasteiger partial charge on any atom is -0.508 e. The molecule has 0 saturated carbocycles. The molecule has 0 aromatic heterocycles. The van der Waals surface area contributed by atoms with Crippen LogP contribution in [-0.4, -0.2) is 16.2 Å². The maximum atomic E-state index is 10.4. The Morgan fingerprint density at radius 2 is 2.12 bits per heavy atom. The largest absolute Gasteiger partial charge is 0.508 e. The Bertz CT molecular complexity index is 408.